The van der Waals surface area contributed by atoms with Crippen LogP contribution in [0.25, 0.3) is 0 Å². The zero-order valence-corrected chi connectivity index (χ0v) is 10.6. The standard InChI is InChI=1S/C11H14ClN3O3/c1-18-10-6-13-5-8(10)14-11-7(12)3-2-4-9(11)15(16)17/h2-4,8,10,13-14H,5-6H2,1H3/t8?,10-/m0/s1. The van der Waals surface area contributed by atoms with Gasteiger partial charge in [0.05, 0.1) is 22.1 Å². The Morgan fingerprint density at radius 1 is 1.56 bits per heavy atom. The van der Waals surface area contributed by atoms with E-state index >= 15 is 0 Å². The summed E-state index contributed by atoms with van der Waals surface area (Å²) in [5.41, 5.74) is 0.323. The topological polar surface area (TPSA) is 76.4 Å². The molecule has 98 valence electrons. The van der Waals surface area contributed by atoms with Crippen molar-refractivity contribution in [3.05, 3.63) is 33.3 Å². The van der Waals surface area contributed by atoms with Crippen LogP contribution >= 0.6 is 11.6 Å². The lowest BCUT2D eigenvalue weighted by molar-refractivity contribution is -0.384. The van der Waals surface area contributed by atoms with Gasteiger partial charge in [-0.05, 0) is 6.07 Å². The molecule has 7 heteroatoms. The van der Waals surface area contributed by atoms with Gasteiger partial charge >= 0.3 is 0 Å². The molecular weight excluding hydrogens is 258 g/mol. The molecule has 18 heavy (non-hydrogen) atoms. The summed E-state index contributed by atoms with van der Waals surface area (Å²) in [5.74, 6) is 0. The van der Waals surface area contributed by atoms with Crippen LogP contribution in [0.3, 0.4) is 0 Å². The number of hydrogen-bond donors (Lipinski definition) is 2. The van der Waals surface area contributed by atoms with Crippen molar-refractivity contribution >= 4 is 23.0 Å². The number of methoxy groups -OCH3 is 1. The van der Waals surface area contributed by atoms with Crippen molar-refractivity contribution in [2.45, 2.75) is 12.1 Å². The number of nitro benzene ring substituents is 1. The van der Waals surface area contributed by atoms with Crippen LogP contribution in [-0.2, 0) is 4.74 Å². The Kier molecular flexibility index (Phi) is 4.00. The van der Waals surface area contributed by atoms with Gasteiger partial charge in [0.25, 0.3) is 5.69 Å². The molecular formula is C11H14ClN3O3. The fourth-order valence-electron chi connectivity index (χ4n) is 2.04. The molecule has 0 bridgehead atoms. The lowest BCUT2D eigenvalue weighted by Crippen LogP contribution is -2.33. The first-order chi connectivity index (χ1) is 8.63. The number of para-hydroxylation sites is 1. The van der Waals surface area contributed by atoms with Gasteiger partial charge in [-0.25, -0.2) is 0 Å². The molecule has 1 aromatic carbocycles. The van der Waals surface area contributed by atoms with E-state index in [1.807, 2.05) is 0 Å². The Morgan fingerprint density at radius 2 is 2.33 bits per heavy atom. The number of hydrogen-bond acceptors (Lipinski definition) is 5. The highest BCUT2D eigenvalue weighted by Gasteiger charge is 2.29. The molecule has 0 aliphatic carbocycles. The molecule has 0 amide bonds. The number of anilines is 1. The highest BCUT2D eigenvalue weighted by atomic mass is 35.5. The van der Waals surface area contributed by atoms with Crippen LogP contribution < -0.4 is 10.6 Å². The van der Waals surface area contributed by atoms with Crippen molar-refractivity contribution in [2.75, 3.05) is 25.5 Å². The van der Waals surface area contributed by atoms with Crippen molar-refractivity contribution in [1.82, 2.24) is 5.32 Å². The van der Waals surface area contributed by atoms with E-state index in [4.69, 9.17) is 16.3 Å². The van der Waals surface area contributed by atoms with E-state index in [1.54, 1.807) is 19.2 Å². The smallest absolute Gasteiger partial charge is 0.293 e. The fraction of sp³-hybridized carbons (Fsp3) is 0.455. The third kappa shape index (κ3) is 2.55. The maximum absolute atomic E-state index is 11.0. The highest BCUT2D eigenvalue weighted by Crippen LogP contribution is 2.33. The SMILES string of the molecule is CO[C@H]1CNCC1Nc1c(Cl)cccc1[N+](=O)[O-]. The molecule has 1 unspecified atom stereocenters. The molecule has 2 atom stereocenters. The molecule has 0 saturated carbocycles. The zero-order chi connectivity index (χ0) is 13.1. The van der Waals surface area contributed by atoms with Gasteiger partial charge in [-0.1, -0.05) is 17.7 Å². The van der Waals surface area contributed by atoms with E-state index in [9.17, 15) is 10.1 Å². The predicted molar refractivity (Wildman–Crippen MR) is 69.2 cm³/mol. The van der Waals surface area contributed by atoms with E-state index in [2.05, 4.69) is 10.6 Å². The van der Waals surface area contributed by atoms with Crippen molar-refractivity contribution in [3.63, 3.8) is 0 Å². The van der Waals surface area contributed by atoms with Crippen LogP contribution in [0.15, 0.2) is 18.2 Å². The largest absolute Gasteiger partial charge is 0.378 e. The van der Waals surface area contributed by atoms with Crippen LogP contribution in [0.4, 0.5) is 11.4 Å². The normalized spacial score (nSPS) is 23.0. The van der Waals surface area contributed by atoms with E-state index in [0.717, 1.165) is 0 Å². The van der Waals surface area contributed by atoms with Gasteiger partial charge in [0, 0.05) is 26.3 Å². The Balaban J connectivity index is 2.25. The molecule has 1 aliphatic heterocycles. The van der Waals surface area contributed by atoms with E-state index < -0.39 is 4.92 Å². The summed E-state index contributed by atoms with van der Waals surface area (Å²) in [4.78, 5) is 10.5. The maximum Gasteiger partial charge on any atom is 0.293 e. The van der Waals surface area contributed by atoms with Crippen LogP contribution in [0.2, 0.25) is 5.02 Å². The van der Waals surface area contributed by atoms with Crippen molar-refractivity contribution < 1.29 is 9.66 Å². The van der Waals surface area contributed by atoms with Crippen molar-refractivity contribution in [1.29, 1.82) is 0 Å². The first kappa shape index (κ1) is 13.1. The molecule has 1 saturated heterocycles. The maximum atomic E-state index is 11.0. The van der Waals surface area contributed by atoms with Crippen molar-refractivity contribution in [2.24, 2.45) is 0 Å². The van der Waals surface area contributed by atoms with Gasteiger partial charge in [-0.2, -0.15) is 0 Å². The second-order valence-electron chi connectivity index (χ2n) is 4.07. The number of ether oxygens (including phenoxy) is 1. The summed E-state index contributed by atoms with van der Waals surface area (Å²) >= 11 is 6.01. The third-order valence-corrected chi connectivity index (χ3v) is 3.29. The van der Waals surface area contributed by atoms with Crippen LogP contribution in [0.1, 0.15) is 0 Å². The molecule has 6 nitrogen and oxygen atoms in total. The molecule has 0 radical (unpaired) electrons. The molecule has 1 aromatic rings. The molecule has 2 N–H and O–H groups in total. The predicted octanol–water partition coefficient (Wildman–Crippen LogP) is 1.65. The average molecular weight is 272 g/mol. The van der Waals surface area contributed by atoms with Gasteiger partial charge in [0.15, 0.2) is 0 Å². The summed E-state index contributed by atoms with van der Waals surface area (Å²) in [6, 6.07) is 4.58. The highest BCUT2D eigenvalue weighted by molar-refractivity contribution is 6.33. The summed E-state index contributed by atoms with van der Waals surface area (Å²) in [6.45, 7) is 1.40. The van der Waals surface area contributed by atoms with E-state index in [-0.39, 0.29) is 17.8 Å². The van der Waals surface area contributed by atoms with Gasteiger partial charge in [0.1, 0.15) is 5.69 Å². The molecule has 2 rings (SSSR count). The van der Waals surface area contributed by atoms with Crippen LogP contribution in [0, 0.1) is 10.1 Å². The Labute approximate surface area is 109 Å². The summed E-state index contributed by atoms with van der Waals surface area (Å²) in [6.07, 6.45) is -0.0270. The van der Waals surface area contributed by atoms with E-state index in [1.165, 1.54) is 6.07 Å². The number of nitrogens with zero attached hydrogens (tertiary/aromatic N) is 1. The first-order valence-electron chi connectivity index (χ1n) is 5.56. The van der Waals surface area contributed by atoms with Gasteiger partial charge in [-0.3, -0.25) is 10.1 Å². The molecule has 0 spiro atoms. The third-order valence-electron chi connectivity index (χ3n) is 2.98. The quantitative estimate of drug-likeness (QED) is 0.643. The number of benzene rings is 1. The zero-order valence-electron chi connectivity index (χ0n) is 9.85. The number of halogens is 1. The van der Waals surface area contributed by atoms with Gasteiger partial charge < -0.3 is 15.4 Å². The number of nitrogens with one attached hydrogen (secondary N) is 2. The molecule has 1 aliphatic rings. The summed E-state index contributed by atoms with van der Waals surface area (Å²) in [5, 5.41) is 17.6. The summed E-state index contributed by atoms with van der Waals surface area (Å²) in [7, 11) is 1.62. The summed E-state index contributed by atoms with van der Waals surface area (Å²) < 4.78 is 5.30. The van der Waals surface area contributed by atoms with Crippen LogP contribution in [-0.4, -0.2) is 37.3 Å². The van der Waals surface area contributed by atoms with E-state index in [0.29, 0.717) is 23.8 Å². The Hall–Kier alpha value is -1.37. The van der Waals surface area contributed by atoms with Gasteiger partial charge in [0.2, 0.25) is 0 Å². The Morgan fingerprint density at radius 3 is 3.00 bits per heavy atom. The minimum atomic E-state index is -0.446. The van der Waals surface area contributed by atoms with Crippen LogP contribution in [0.5, 0.6) is 0 Å². The van der Waals surface area contributed by atoms with Crippen molar-refractivity contribution in [3.8, 4) is 0 Å². The average Bonchev–Trinajstić information content (AvgIpc) is 2.78. The second kappa shape index (κ2) is 5.51. The molecule has 1 heterocycles. The first-order valence-corrected chi connectivity index (χ1v) is 5.94. The molecule has 1 fully saturated rings. The minimum absolute atomic E-state index is 0.0238. The number of rotatable bonds is 4. The lowest BCUT2D eigenvalue weighted by Gasteiger charge is -2.20. The number of nitro groups is 1. The Bertz CT molecular complexity index is 455. The van der Waals surface area contributed by atoms with Gasteiger partial charge in [-0.15, -0.1) is 0 Å². The second-order valence-corrected chi connectivity index (χ2v) is 4.48. The minimum Gasteiger partial charge on any atom is -0.378 e. The monoisotopic (exact) mass is 271 g/mol. The molecule has 0 aromatic heterocycles. The fourth-order valence-corrected chi connectivity index (χ4v) is 2.26. The lowest BCUT2D eigenvalue weighted by atomic mass is 10.2.